The van der Waals surface area contributed by atoms with Crippen LogP contribution in [0.5, 0.6) is 0 Å². The molecule has 0 aliphatic rings. The van der Waals surface area contributed by atoms with Crippen molar-refractivity contribution in [3.63, 3.8) is 0 Å². The fourth-order valence-corrected chi connectivity index (χ4v) is 2.14. The standard InChI is InChI=1S/C16H30N2O5/c1-6-8-9-12(10-18(22)11-19)14(20)17-13(16(3,4)5)15(21)23-7-2/h11-13,22H,6-10H2,1-5H3,(H,17,20). The average molecular weight is 330 g/mol. The van der Waals surface area contributed by atoms with Crippen LogP contribution in [0, 0.1) is 11.3 Å². The highest BCUT2D eigenvalue weighted by atomic mass is 16.5. The Morgan fingerprint density at radius 3 is 2.35 bits per heavy atom. The lowest BCUT2D eigenvalue weighted by Gasteiger charge is -2.31. The molecule has 2 N–H and O–H groups in total. The van der Waals surface area contributed by atoms with Gasteiger partial charge in [0.1, 0.15) is 6.04 Å². The van der Waals surface area contributed by atoms with Crippen molar-refractivity contribution < 1.29 is 24.3 Å². The summed E-state index contributed by atoms with van der Waals surface area (Å²) >= 11 is 0. The van der Waals surface area contributed by atoms with Crippen LogP contribution in [0.1, 0.15) is 53.9 Å². The maximum atomic E-state index is 12.5. The van der Waals surface area contributed by atoms with Crippen LogP contribution in [0.15, 0.2) is 0 Å². The third-order valence-corrected chi connectivity index (χ3v) is 3.48. The molecular formula is C16H30N2O5. The zero-order chi connectivity index (χ0) is 18.0. The number of amides is 2. The summed E-state index contributed by atoms with van der Waals surface area (Å²) in [6, 6.07) is -0.789. The van der Waals surface area contributed by atoms with E-state index in [1.807, 2.05) is 27.7 Å². The molecule has 0 spiro atoms. The van der Waals surface area contributed by atoms with Crippen LogP contribution in [-0.2, 0) is 19.1 Å². The first-order valence-electron chi connectivity index (χ1n) is 8.05. The maximum absolute atomic E-state index is 12.5. The molecule has 0 fully saturated rings. The largest absolute Gasteiger partial charge is 0.464 e. The maximum Gasteiger partial charge on any atom is 0.329 e. The third-order valence-electron chi connectivity index (χ3n) is 3.48. The zero-order valence-corrected chi connectivity index (χ0v) is 14.8. The monoisotopic (exact) mass is 330 g/mol. The van der Waals surface area contributed by atoms with Gasteiger partial charge in [-0.25, -0.2) is 9.86 Å². The topological polar surface area (TPSA) is 95.9 Å². The number of ether oxygens (including phenoxy) is 1. The Morgan fingerprint density at radius 2 is 1.91 bits per heavy atom. The van der Waals surface area contributed by atoms with Gasteiger partial charge in [0.05, 0.1) is 19.1 Å². The van der Waals surface area contributed by atoms with Gasteiger partial charge in [-0.1, -0.05) is 40.5 Å². The second-order valence-electron chi connectivity index (χ2n) is 6.63. The lowest BCUT2D eigenvalue weighted by Crippen LogP contribution is -2.52. The Balaban J connectivity index is 5.06. The number of hydrogen-bond acceptors (Lipinski definition) is 5. The summed E-state index contributed by atoms with van der Waals surface area (Å²) in [5, 5.41) is 12.5. The Morgan fingerprint density at radius 1 is 1.30 bits per heavy atom. The van der Waals surface area contributed by atoms with Crippen LogP contribution < -0.4 is 5.32 Å². The predicted octanol–water partition coefficient (Wildman–Crippen LogP) is 1.73. The molecule has 0 radical (unpaired) electrons. The second-order valence-corrected chi connectivity index (χ2v) is 6.63. The summed E-state index contributed by atoms with van der Waals surface area (Å²) in [6.45, 7) is 9.32. The van der Waals surface area contributed by atoms with E-state index in [1.165, 1.54) is 0 Å². The molecule has 2 atom stereocenters. The molecule has 0 aliphatic heterocycles. The van der Waals surface area contributed by atoms with Gasteiger partial charge in [-0.2, -0.15) is 0 Å². The van der Waals surface area contributed by atoms with Crippen LogP contribution in [0.2, 0.25) is 0 Å². The number of unbranched alkanes of at least 4 members (excludes halogenated alkanes) is 1. The molecule has 134 valence electrons. The molecular weight excluding hydrogens is 300 g/mol. The summed E-state index contributed by atoms with van der Waals surface area (Å²) in [6.07, 6.45) is 2.45. The average Bonchev–Trinajstić information content (AvgIpc) is 2.47. The number of rotatable bonds is 10. The van der Waals surface area contributed by atoms with Crippen LogP contribution >= 0.6 is 0 Å². The molecule has 0 aliphatic carbocycles. The molecule has 0 aromatic carbocycles. The van der Waals surface area contributed by atoms with Gasteiger partial charge in [0.25, 0.3) is 0 Å². The highest BCUT2D eigenvalue weighted by Gasteiger charge is 2.35. The summed E-state index contributed by atoms with van der Waals surface area (Å²) in [5.41, 5.74) is -0.513. The molecule has 0 aromatic rings. The minimum absolute atomic E-state index is 0.102. The molecule has 0 aromatic heterocycles. The number of nitrogens with zero attached hydrogens (tertiary/aromatic N) is 1. The highest BCUT2D eigenvalue weighted by molar-refractivity contribution is 5.86. The molecule has 0 heterocycles. The molecule has 23 heavy (non-hydrogen) atoms. The highest BCUT2D eigenvalue weighted by Crippen LogP contribution is 2.21. The normalized spacial score (nSPS) is 13.8. The SMILES string of the molecule is CCCCC(CN(O)C=O)C(=O)NC(C(=O)OCC)C(C)(C)C. The van der Waals surface area contributed by atoms with Gasteiger partial charge in [-0.3, -0.25) is 14.8 Å². The van der Waals surface area contributed by atoms with Crippen molar-refractivity contribution in [1.82, 2.24) is 10.4 Å². The number of nitrogens with one attached hydrogen (secondary N) is 1. The third kappa shape index (κ3) is 7.97. The number of hydroxylamine groups is 2. The van der Waals surface area contributed by atoms with Gasteiger partial charge in [0.2, 0.25) is 12.3 Å². The van der Waals surface area contributed by atoms with Crippen molar-refractivity contribution in [1.29, 1.82) is 0 Å². The van der Waals surface area contributed by atoms with Crippen molar-refractivity contribution in [2.75, 3.05) is 13.2 Å². The molecule has 0 saturated carbocycles. The van der Waals surface area contributed by atoms with Crippen molar-refractivity contribution in [3.05, 3.63) is 0 Å². The minimum Gasteiger partial charge on any atom is -0.464 e. The Kier molecular flexibility index (Phi) is 9.48. The van der Waals surface area contributed by atoms with E-state index in [4.69, 9.17) is 4.74 Å². The Labute approximate surface area is 138 Å². The van der Waals surface area contributed by atoms with Gasteiger partial charge < -0.3 is 10.1 Å². The molecule has 0 bridgehead atoms. The lowest BCUT2D eigenvalue weighted by atomic mass is 9.86. The fourth-order valence-electron chi connectivity index (χ4n) is 2.14. The van der Waals surface area contributed by atoms with Crippen LogP contribution in [0.4, 0.5) is 0 Å². The van der Waals surface area contributed by atoms with E-state index in [0.29, 0.717) is 11.5 Å². The van der Waals surface area contributed by atoms with Crippen molar-refractivity contribution in [3.8, 4) is 0 Å². The number of carbonyl (C=O) groups is 3. The van der Waals surface area contributed by atoms with E-state index in [1.54, 1.807) is 6.92 Å². The lowest BCUT2D eigenvalue weighted by molar-refractivity contribution is -0.157. The molecule has 0 rings (SSSR count). The first-order valence-corrected chi connectivity index (χ1v) is 8.05. The zero-order valence-electron chi connectivity index (χ0n) is 14.8. The van der Waals surface area contributed by atoms with Crippen LogP contribution in [-0.4, -0.2) is 47.8 Å². The van der Waals surface area contributed by atoms with E-state index in [0.717, 1.165) is 12.8 Å². The molecule has 2 unspecified atom stereocenters. The van der Waals surface area contributed by atoms with Gasteiger partial charge in [0.15, 0.2) is 0 Å². The summed E-state index contributed by atoms with van der Waals surface area (Å²) < 4.78 is 5.02. The van der Waals surface area contributed by atoms with E-state index in [-0.39, 0.29) is 25.5 Å². The Hall–Kier alpha value is -1.63. The summed E-state index contributed by atoms with van der Waals surface area (Å²) in [5.74, 6) is -1.43. The van der Waals surface area contributed by atoms with E-state index in [9.17, 15) is 19.6 Å². The fraction of sp³-hybridized carbons (Fsp3) is 0.812. The van der Waals surface area contributed by atoms with E-state index in [2.05, 4.69) is 5.32 Å². The molecule has 0 saturated heterocycles. The van der Waals surface area contributed by atoms with E-state index >= 15 is 0 Å². The van der Waals surface area contributed by atoms with Gasteiger partial charge in [0, 0.05) is 0 Å². The van der Waals surface area contributed by atoms with Crippen LogP contribution in [0.25, 0.3) is 0 Å². The molecule has 2 amide bonds. The number of esters is 1. The summed E-state index contributed by atoms with van der Waals surface area (Å²) in [7, 11) is 0. The quantitative estimate of drug-likeness (QED) is 0.275. The van der Waals surface area contributed by atoms with Gasteiger partial charge in [-0.15, -0.1) is 0 Å². The first kappa shape index (κ1) is 21.4. The minimum atomic E-state index is -0.789. The second kappa shape index (κ2) is 10.2. The van der Waals surface area contributed by atoms with Crippen molar-refractivity contribution in [2.24, 2.45) is 11.3 Å². The molecule has 7 nitrogen and oxygen atoms in total. The molecule has 7 heteroatoms. The van der Waals surface area contributed by atoms with Gasteiger partial charge in [-0.05, 0) is 18.8 Å². The summed E-state index contributed by atoms with van der Waals surface area (Å²) in [4.78, 5) is 35.2. The van der Waals surface area contributed by atoms with Crippen molar-refractivity contribution in [2.45, 2.75) is 59.9 Å². The number of carbonyl (C=O) groups excluding carboxylic acids is 3. The van der Waals surface area contributed by atoms with Crippen molar-refractivity contribution >= 4 is 18.3 Å². The number of hydrogen-bond donors (Lipinski definition) is 2. The Bertz CT molecular complexity index is 392. The van der Waals surface area contributed by atoms with Crippen LogP contribution in [0.3, 0.4) is 0 Å². The van der Waals surface area contributed by atoms with E-state index < -0.39 is 23.3 Å². The predicted molar refractivity (Wildman–Crippen MR) is 85.6 cm³/mol. The van der Waals surface area contributed by atoms with Gasteiger partial charge >= 0.3 is 5.97 Å². The first-order chi connectivity index (χ1) is 10.7. The smallest absolute Gasteiger partial charge is 0.329 e.